The number of nitrogens with zero attached hydrogens (tertiary/aromatic N) is 4. The average molecular weight is 333 g/mol. The zero-order valence-electron chi connectivity index (χ0n) is 14.0. The molecule has 2 N–H and O–H groups in total. The molecule has 0 saturated heterocycles. The van der Waals surface area contributed by atoms with Gasteiger partial charge in [0.15, 0.2) is 0 Å². The second-order valence-electron chi connectivity index (χ2n) is 6.26. The number of phenols is 1. The molecule has 0 saturated carbocycles. The molecule has 126 valence electrons. The normalized spacial score (nSPS) is 15.2. The van der Waals surface area contributed by atoms with Gasteiger partial charge < -0.3 is 10.0 Å². The zero-order valence-corrected chi connectivity index (χ0v) is 14.0. The van der Waals surface area contributed by atoms with Crippen LogP contribution in [0.4, 0.5) is 0 Å². The molecule has 2 aromatic heterocycles. The SMILES string of the molecule is CN1CC=C(c2ccc(-c3ccc(O)cc3-c3cn[nH]c3)nn2)CC1. The second kappa shape index (κ2) is 6.49. The molecule has 3 heterocycles. The van der Waals surface area contributed by atoms with E-state index in [1.165, 1.54) is 5.57 Å². The predicted octanol–water partition coefficient (Wildman–Crippen LogP) is 2.96. The minimum atomic E-state index is 0.209. The number of hydrogen-bond acceptors (Lipinski definition) is 5. The van der Waals surface area contributed by atoms with Crippen LogP contribution >= 0.6 is 0 Å². The Hall–Kier alpha value is -2.99. The average Bonchev–Trinajstić information content (AvgIpc) is 3.17. The van der Waals surface area contributed by atoms with Crippen LogP contribution in [0.1, 0.15) is 12.1 Å². The van der Waals surface area contributed by atoms with Crippen molar-refractivity contribution >= 4 is 5.57 Å². The molecule has 1 aliphatic heterocycles. The molecule has 0 atom stereocenters. The lowest BCUT2D eigenvalue weighted by molar-refractivity contribution is 0.369. The van der Waals surface area contributed by atoms with E-state index in [-0.39, 0.29) is 5.75 Å². The number of hydrogen-bond donors (Lipinski definition) is 2. The van der Waals surface area contributed by atoms with Gasteiger partial charge in [-0.25, -0.2) is 0 Å². The molecule has 0 spiro atoms. The van der Waals surface area contributed by atoms with Crippen molar-refractivity contribution in [2.75, 3.05) is 20.1 Å². The molecular formula is C19H19N5O. The van der Waals surface area contributed by atoms with Crippen LogP contribution < -0.4 is 0 Å². The molecular weight excluding hydrogens is 314 g/mol. The third-order valence-corrected chi connectivity index (χ3v) is 4.49. The molecule has 1 aliphatic rings. The topological polar surface area (TPSA) is 77.9 Å². The minimum Gasteiger partial charge on any atom is -0.508 e. The maximum atomic E-state index is 9.84. The van der Waals surface area contributed by atoms with Crippen LogP contribution in [-0.4, -0.2) is 50.5 Å². The number of rotatable bonds is 3. The van der Waals surface area contributed by atoms with E-state index in [9.17, 15) is 5.11 Å². The van der Waals surface area contributed by atoms with Crippen molar-refractivity contribution in [2.45, 2.75) is 6.42 Å². The molecule has 0 bridgehead atoms. The van der Waals surface area contributed by atoms with E-state index in [4.69, 9.17) is 0 Å². The van der Waals surface area contributed by atoms with Crippen LogP contribution in [0.3, 0.4) is 0 Å². The van der Waals surface area contributed by atoms with Crippen LogP contribution in [0.2, 0.25) is 0 Å². The summed E-state index contributed by atoms with van der Waals surface area (Å²) in [6, 6.07) is 9.24. The molecule has 0 fully saturated rings. The van der Waals surface area contributed by atoms with E-state index in [0.717, 1.165) is 47.6 Å². The Labute approximate surface area is 145 Å². The monoisotopic (exact) mass is 333 g/mol. The molecule has 25 heavy (non-hydrogen) atoms. The fraction of sp³-hybridized carbons (Fsp3) is 0.211. The highest BCUT2D eigenvalue weighted by Gasteiger charge is 2.14. The van der Waals surface area contributed by atoms with E-state index < -0.39 is 0 Å². The molecule has 0 aliphatic carbocycles. The van der Waals surface area contributed by atoms with Gasteiger partial charge >= 0.3 is 0 Å². The summed E-state index contributed by atoms with van der Waals surface area (Å²) in [6.45, 7) is 1.99. The summed E-state index contributed by atoms with van der Waals surface area (Å²) in [7, 11) is 2.12. The molecule has 1 aromatic carbocycles. The van der Waals surface area contributed by atoms with Crippen molar-refractivity contribution in [3.63, 3.8) is 0 Å². The van der Waals surface area contributed by atoms with Crippen molar-refractivity contribution in [2.24, 2.45) is 0 Å². The maximum absolute atomic E-state index is 9.84. The minimum absolute atomic E-state index is 0.209. The first-order valence-electron chi connectivity index (χ1n) is 8.25. The Balaban J connectivity index is 1.69. The van der Waals surface area contributed by atoms with Crippen molar-refractivity contribution < 1.29 is 5.11 Å². The van der Waals surface area contributed by atoms with Crippen LogP contribution in [-0.2, 0) is 0 Å². The van der Waals surface area contributed by atoms with Gasteiger partial charge in [-0.15, -0.1) is 5.10 Å². The summed E-state index contributed by atoms with van der Waals surface area (Å²) >= 11 is 0. The molecule has 4 rings (SSSR count). The Kier molecular flexibility index (Phi) is 4.03. The van der Waals surface area contributed by atoms with Gasteiger partial charge in [0.1, 0.15) is 5.75 Å². The fourth-order valence-corrected chi connectivity index (χ4v) is 3.04. The summed E-state index contributed by atoms with van der Waals surface area (Å²) in [5, 5.41) is 25.5. The molecule has 6 nitrogen and oxygen atoms in total. The van der Waals surface area contributed by atoms with E-state index >= 15 is 0 Å². The van der Waals surface area contributed by atoms with Gasteiger partial charge in [0.25, 0.3) is 0 Å². The number of H-pyrrole nitrogens is 1. The van der Waals surface area contributed by atoms with Crippen molar-refractivity contribution in [3.05, 3.63) is 54.5 Å². The van der Waals surface area contributed by atoms with Gasteiger partial charge in [0.05, 0.1) is 17.6 Å². The van der Waals surface area contributed by atoms with Gasteiger partial charge in [0.2, 0.25) is 0 Å². The van der Waals surface area contributed by atoms with Gasteiger partial charge in [-0.05, 0) is 54.9 Å². The van der Waals surface area contributed by atoms with Crippen molar-refractivity contribution in [1.29, 1.82) is 0 Å². The third kappa shape index (κ3) is 3.16. The van der Waals surface area contributed by atoms with Crippen LogP contribution in [0.5, 0.6) is 5.75 Å². The Morgan fingerprint density at radius 3 is 2.60 bits per heavy atom. The summed E-state index contributed by atoms with van der Waals surface area (Å²) < 4.78 is 0. The lowest BCUT2D eigenvalue weighted by atomic mass is 9.99. The summed E-state index contributed by atoms with van der Waals surface area (Å²) in [6.07, 6.45) is 6.72. The van der Waals surface area contributed by atoms with E-state index in [1.54, 1.807) is 24.5 Å². The lowest BCUT2D eigenvalue weighted by Crippen LogP contribution is -2.23. The number of nitrogens with one attached hydrogen (secondary N) is 1. The first kappa shape index (κ1) is 15.5. The number of aromatic hydroxyl groups is 1. The number of phenolic OH excluding ortho intramolecular Hbond substituents is 1. The van der Waals surface area contributed by atoms with E-state index in [2.05, 4.69) is 38.4 Å². The Morgan fingerprint density at radius 1 is 1.08 bits per heavy atom. The molecule has 0 amide bonds. The number of benzene rings is 1. The summed E-state index contributed by atoms with van der Waals surface area (Å²) in [5.41, 5.74) is 5.63. The lowest BCUT2D eigenvalue weighted by Gasteiger charge is -2.21. The standard InChI is InChI=1S/C19H19N5O/c1-24-8-6-13(7-9-24)18-4-5-19(23-22-18)16-3-2-15(25)10-17(16)14-11-20-21-12-14/h2-6,10-12,25H,7-9H2,1H3,(H,20,21). The van der Waals surface area contributed by atoms with Gasteiger partial charge in [-0.3, -0.25) is 5.10 Å². The van der Waals surface area contributed by atoms with E-state index in [1.807, 2.05) is 18.2 Å². The first-order valence-corrected chi connectivity index (χ1v) is 8.25. The first-order chi connectivity index (χ1) is 12.2. The fourth-order valence-electron chi connectivity index (χ4n) is 3.04. The summed E-state index contributed by atoms with van der Waals surface area (Å²) in [5.74, 6) is 0.209. The van der Waals surface area contributed by atoms with Crippen LogP contribution in [0.15, 0.2) is 48.8 Å². The molecule has 0 unspecified atom stereocenters. The highest BCUT2D eigenvalue weighted by molar-refractivity contribution is 5.82. The van der Waals surface area contributed by atoms with Gasteiger partial charge in [-0.1, -0.05) is 6.08 Å². The second-order valence-corrected chi connectivity index (χ2v) is 6.26. The maximum Gasteiger partial charge on any atom is 0.116 e. The van der Waals surface area contributed by atoms with E-state index in [0.29, 0.717) is 0 Å². The van der Waals surface area contributed by atoms with Gasteiger partial charge in [0, 0.05) is 30.4 Å². The molecule has 0 radical (unpaired) electrons. The quantitative estimate of drug-likeness (QED) is 0.770. The number of likely N-dealkylation sites (N-methyl/N-ethyl adjacent to an activating group) is 1. The molecule has 6 heteroatoms. The van der Waals surface area contributed by atoms with Gasteiger partial charge in [-0.2, -0.15) is 10.2 Å². The number of aromatic amines is 1. The van der Waals surface area contributed by atoms with Crippen LogP contribution in [0.25, 0.3) is 28.0 Å². The van der Waals surface area contributed by atoms with Crippen LogP contribution in [0, 0.1) is 0 Å². The third-order valence-electron chi connectivity index (χ3n) is 4.49. The highest BCUT2D eigenvalue weighted by atomic mass is 16.3. The number of aromatic nitrogens is 4. The largest absolute Gasteiger partial charge is 0.508 e. The Morgan fingerprint density at radius 2 is 1.92 bits per heavy atom. The summed E-state index contributed by atoms with van der Waals surface area (Å²) in [4.78, 5) is 2.28. The Bertz CT molecular complexity index is 900. The highest BCUT2D eigenvalue weighted by Crippen LogP contribution is 2.33. The smallest absolute Gasteiger partial charge is 0.116 e. The molecule has 3 aromatic rings. The predicted molar refractivity (Wildman–Crippen MR) is 96.8 cm³/mol. The van der Waals surface area contributed by atoms with Crippen molar-refractivity contribution in [3.8, 4) is 28.1 Å². The van der Waals surface area contributed by atoms with Crippen molar-refractivity contribution in [1.82, 2.24) is 25.3 Å². The zero-order chi connectivity index (χ0) is 17.2.